The van der Waals surface area contributed by atoms with E-state index in [-0.39, 0.29) is 23.2 Å². The fraction of sp³-hybridized carbons (Fsp3) is 0.562. The molecule has 0 aliphatic heterocycles. The Morgan fingerprint density at radius 1 is 1.29 bits per heavy atom. The van der Waals surface area contributed by atoms with Crippen LogP contribution in [0.5, 0.6) is 0 Å². The van der Waals surface area contributed by atoms with Gasteiger partial charge in [-0.05, 0) is 30.6 Å². The van der Waals surface area contributed by atoms with E-state index in [4.69, 9.17) is 11.5 Å². The zero-order valence-electron chi connectivity index (χ0n) is 14.7. The van der Waals surface area contributed by atoms with Crippen molar-refractivity contribution < 1.29 is 4.79 Å². The SMILES string of the molecule is C/C(=C/CC(C)Cc1c(N)c(=O)n(C)c(=O)n1C)SCCC(N)=O. The Morgan fingerprint density at radius 2 is 1.92 bits per heavy atom. The summed E-state index contributed by atoms with van der Waals surface area (Å²) >= 11 is 1.59. The second-order valence-electron chi connectivity index (χ2n) is 5.99. The normalized spacial score (nSPS) is 13.1. The van der Waals surface area contributed by atoms with Crippen molar-refractivity contribution in [3.8, 4) is 0 Å². The van der Waals surface area contributed by atoms with E-state index >= 15 is 0 Å². The first kappa shape index (κ1) is 20.1. The first-order valence-electron chi connectivity index (χ1n) is 7.77. The molecular weight excluding hydrogens is 328 g/mol. The summed E-state index contributed by atoms with van der Waals surface area (Å²) in [4.78, 5) is 35.8. The van der Waals surface area contributed by atoms with Crippen molar-refractivity contribution in [2.75, 3.05) is 11.5 Å². The van der Waals surface area contributed by atoms with Gasteiger partial charge >= 0.3 is 5.69 Å². The van der Waals surface area contributed by atoms with Gasteiger partial charge in [0.25, 0.3) is 5.56 Å². The van der Waals surface area contributed by atoms with Gasteiger partial charge in [0.05, 0.1) is 5.69 Å². The van der Waals surface area contributed by atoms with E-state index in [1.165, 1.54) is 11.6 Å². The molecule has 1 heterocycles. The lowest BCUT2D eigenvalue weighted by molar-refractivity contribution is -0.117. The number of aromatic nitrogens is 2. The van der Waals surface area contributed by atoms with Crippen molar-refractivity contribution in [3.05, 3.63) is 37.5 Å². The Morgan fingerprint density at radius 3 is 2.50 bits per heavy atom. The molecule has 0 saturated carbocycles. The molecule has 1 unspecified atom stereocenters. The number of anilines is 1. The monoisotopic (exact) mass is 354 g/mol. The summed E-state index contributed by atoms with van der Waals surface area (Å²) in [5.41, 5.74) is 10.9. The third kappa shape index (κ3) is 5.30. The Kier molecular flexibility index (Phi) is 7.34. The topological polar surface area (TPSA) is 113 Å². The average Bonchev–Trinajstić information content (AvgIpc) is 2.53. The molecule has 1 amide bonds. The maximum absolute atomic E-state index is 12.0. The van der Waals surface area contributed by atoms with Gasteiger partial charge in [0, 0.05) is 26.3 Å². The molecule has 8 heteroatoms. The summed E-state index contributed by atoms with van der Waals surface area (Å²) < 4.78 is 2.45. The standard InChI is InChI=1S/C16H26N4O3S/c1-10(5-6-11(2)24-8-7-13(17)21)9-12-14(18)15(22)20(4)16(23)19(12)3/h6,10H,5,7-9,18H2,1-4H3,(H2,17,21)/b11-6-. The maximum Gasteiger partial charge on any atom is 0.330 e. The number of carbonyl (C=O) groups is 1. The molecule has 1 aromatic heterocycles. The summed E-state index contributed by atoms with van der Waals surface area (Å²) in [5.74, 6) is 0.588. The number of amides is 1. The molecule has 1 aromatic rings. The summed E-state index contributed by atoms with van der Waals surface area (Å²) in [6.45, 7) is 4.03. The van der Waals surface area contributed by atoms with Crippen LogP contribution in [0.1, 0.15) is 32.4 Å². The molecule has 0 aliphatic rings. The molecule has 4 N–H and O–H groups in total. The molecule has 0 fully saturated rings. The third-order valence-electron chi connectivity index (χ3n) is 3.85. The molecule has 1 atom stereocenters. The summed E-state index contributed by atoms with van der Waals surface area (Å²) in [6.07, 6.45) is 3.78. The van der Waals surface area contributed by atoms with Crippen LogP contribution in [-0.2, 0) is 25.3 Å². The van der Waals surface area contributed by atoms with Crippen LogP contribution in [0.4, 0.5) is 5.69 Å². The van der Waals surface area contributed by atoms with Crippen LogP contribution in [0.15, 0.2) is 20.6 Å². The molecular formula is C16H26N4O3S. The number of allylic oxidation sites excluding steroid dienone is 2. The first-order valence-corrected chi connectivity index (χ1v) is 8.75. The molecule has 0 saturated heterocycles. The van der Waals surface area contributed by atoms with E-state index in [9.17, 15) is 14.4 Å². The van der Waals surface area contributed by atoms with Crippen LogP contribution in [0, 0.1) is 5.92 Å². The fourth-order valence-electron chi connectivity index (χ4n) is 2.31. The first-order chi connectivity index (χ1) is 11.1. The average molecular weight is 354 g/mol. The summed E-state index contributed by atoms with van der Waals surface area (Å²) in [6, 6.07) is 0. The number of thioether (sulfide) groups is 1. The van der Waals surface area contributed by atoms with Gasteiger partial charge < -0.3 is 11.5 Å². The molecule has 24 heavy (non-hydrogen) atoms. The minimum Gasteiger partial charge on any atom is -0.393 e. The predicted molar refractivity (Wildman–Crippen MR) is 98.8 cm³/mol. The lowest BCUT2D eigenvalue weighted by Gasteiger charge is -2.16. The van der Waals surface area contributed by atoms with Gasteiger partial charge in [-0.2, -0.15) is 0 Å². The molecule has 0 radical (unpaired) electrons. The van der Waals surface area contributed by atoms with Gasteiger partial charge in [0.1, 0.15) is 5.69 Å². The van der Waals surface area contributed by atoms with Crippen molar-refractivity contribution >= 4 is 23.4 Å². The molecule has 7 nitrogen and oxygen atoms in total. The number of hydrogen-bond acceptors (Lipinski definition) is 5. The minimum atomic E-state index is -0.450. The van der Waals surface area contributed by atoms with E-state index in [0.29, 0.717) is 24.3 Å². The Hall–Kier alpha value is -1.96. The van der Waals surface area contributed by atoms with Crippen molar-refractivity contribution in [2.24, 2.45) is 25.7 Å². The van der Waals surface area contributed by atoms with Gasteiger partial charge in [-0.15, -0.1) is 11.8 Å². The second-order valence-corrected chi connectivity index (χ2v) is 7.33. The second kappa shape index (κ2) is 8.77. The van der Waals surface area contributed by atoms with Gasteiger partial charge in [0.2, 0.25) is 5.91 Å². The quantitative estimate of drug-likeness (QED) is 0.715. The number of nitrogens with two attached hydrogens (primary N) is 2. The smallest absolute Gasteiger partial charge is 0.330 e. The summed E-state index contributed by atoms with van der Waals surface area (Å²) in [5, 5.41) is 0. The molecule has 0 spiro atoms. The van der Waals surface area contributed by atoms with Gasteiger partial charge in [0.15, 0.2) is 0 Å². The molecule has 0 aliphatic carbocycles. The van der Waals surface area contributed by atoms with Gasteiger partial charge in [-0.25, -0.2) is 4.79 Å². The van der Waals surface area contributed by atoms with E-state index in [0.717, 1.165) is 15.9 Å². The van der Waals surface area contributed by atoms with Crippen LogP contribution in [-0.4, -0.2) is 20.8 Å². The highest BCUT2D eigenvalue weighted by Gasteiger charge is 2.15. The lowest BCUT2D eigenvalue weighted by Crippen LogP contribution is -2.40. The van der Waals surface area contributed by atoms with Crippen molar-refractivity contribution in [2.45, 2.75) is 33.1 Å². The number of carbonyl (C=O) groups excluding carboxylic acids is 1. The highest BCUT2D eigenvalue weighted by atomic mass is 32.2. The van der Waals surface area contributed by atoms with Gasteiger partial charge in [-0.3, -0.25) is 18.7 Å². The highest BCUT2D eigenvalue weighted by Crippen LogP contribution is 2.20. The number of rotatable bonds is 8. The predicted octanol–water partition coefficient (Wildman–Crippen LogP) is 0.747. The molecule has 0 bridgehead atoms. The lowest BCUT2D eigenvalue weighted by atomic mass is 10.0. The molecule has 0 aromatic carbocycles. The van der Waals surface area contributed by atoms with Crippen LogP contribution < -0.4 is 22.7 Å². The number of primary amides is 1. The Balaban J connectivity index is 2.76. The van der Waals surface area contributed by atoms with Crippen LogP contribution in [0.3, 0.4) is 0 Å². The molecule has 134 valence electrons. The van der Waals surface area contributed by atoms with E-state index in [1.54, 1.807) is 18.8 Å². The summed E-state index contributed by atoms with van der Waals surface area (Å²) in [7, 11) is 3.05. The zero-order chi connectivity index (χ0) is 18.4. The van der Waals surface area contributed by atoms with E-state index in [2.05, 4.69) is 6.08 Å². The Labute approximate surface area is 145 Å². The van der Waals surface area contributed by atoms with E-state index in [1.807, 2.05) is 13.8 Å². The minimum absolute atomic E-state index is 0.128. The van der Waals surface area contributed by atoms with Crippen molar-refractivity contribution in [1.82, 2.24) is 9.13 Å². The third-order valence-corrected chi connectivity index (χ3v) is 4.88. The molecule has 1 rings (SSSR count). The zero-order valence-corrected chi connectivity index (χ0v) is 15.5. The van der Waals surface area contributed by atoms with Crippen LogP contribution >= 0.6 is 11.8 Å². The van der Waals surface area contributed by atoms with Crippen LogP contribution in [0.2, 0.25) is 0 Å². The van der Waals surface area contributed by atoms with E-state index < -0.39 is 5.56 Å². The maximum atomic E-state index is 12.0. The fourth-order valence-corrected chi connectivity index (χ4v) is 3.15. The van der Waals surface area contributed by atoms with Crippen molar-refractivity contribution in [3.63, 3.8) is 0 Å². The van der Waals surface area contributed by atoms with Crippen molar-refractivity contribution in [1.29, 1.82) is 0 Å². The largest absolute Gasteiger partial charge is 0.393 e. The number of nitrogen functional groups attached to an aromatic ring is 1. The number of hydrogen-bond donors (Lipinski definition) is 2. The van der Waals surface area contributed by atoms with Gasteiger partial charge in [-0.1, -0.05) is 13.0 Å². The Bertz CT molecular complexity index is 712. The number of nitrogens with zero attached hydrogens (tertiary/aromatic N) is 2. The van der Waals surface area contributed by atoms with Crippen LogP contribution in [0.25, 0.3) is 0 Å². The highest BCUT2D eigenvalue weighted by molar-refractivity contribution is 8.03.